The van der Waals surface area contributed by atoms with Crippen molar-refractivity contribution in [3.8, 4) is 0 Å². The summed E-state index contributed by atoms with van der Waals surface area (Å²) in [6.45, 7) is 5.61. The van der Waals surface area contributed by atoms with Crippen molar-refractivity contribution in [3.05, 3.63) is 35.9 Å². The van der Waals surface area contributed by atoms with Gasteiger partial charge in [0.05, 0.1) is 5.92 Å². The van der Waals surface area contributed by atoms with E-state index in [1.807, 2.05) is 6.07 Å². The fourth-order valence-corrected chi connectivity index (χ4v) is 3.02. The molecule has 1 fully saturated rings. The zero-order valence-electron chi connectivity index (χ0n) is 13.0. The van der Waals surface area contributed by atoms with E-state index in [4.69, 9.17) is 5.11 Å². The molecular weight excluding hydrogens is 264 g/mol. The van der Waals surface area contributed by atoms with Crippen LogP contribution in [0.2, 0.25) is 0 Å². The summed E-state index contributed by atoms with van der Waals surface area (Å²) in [5.41, 5.74) is 1.36. The third kappa shape index (κ3) is 4.83. The number of piperidine rings is 1. The Kier molecular flexibility index (Phi) is 5.76. The van der Waals surface area contributed by atoms with Crippen molar-refractivity contribution >= 4 is 5.97 Å². The van der Waals surface area contributed by atoms with E-state index in [1.165, 1.54) is 5.56 Å². The first kappa shape index (κ1) is 16.0. The molecule has 4 heteroatoms. The Hall–Kier alpha value is -1.39. The van der Waals surface area contributed by atoms with Crippen molar-refractivity contribution < 1.29 is 9.90 Å². The Morgan fingerprint density at radius 2 is 1.95 bits per heavy atom. The van der Waals surface area contributed by atoms with Gasteiger partial charge < -0.3 is 10.0 Å². The van der Waals surface area contributed by atoms with Crippen molar-refractivity contribution in [1.82, 2.24) is 9.80 Å². The van der Waals surface area contributed by atoms with Gasteiger partial charge >= 0.3 is 5.97 Å². The van der Waals surface area contributed by atoms with E-state index in [1.54, 1.807) is 6.92 Å². The van der Waals surface area contributed by atoms with E-state index in [0.717, 1.165) is 32.5 Å². The van der Waals surface area contributed by atoms with Crippen LogP contribution in [0.1, 0.15) is 25.3 Å². The molecule has 1 aromatic rings. The molecule has 0 spiro atoms. The molecule has 21 heavy (non-hydrogen) atoms. The SMILES string of the molecule is CC(CN(C)C1CCN(Cc2ccccc2)CC1)C(=O)O. The van der Waals surface area contributed by atoms with Crippen LogP contribution in [0.5, 0.6) is 0 Å². The van der Waals surface area contributed by atoms with E-state index in [9.17, 15) is 4.79 Å². The van der Waals surface area contributed by atoms with Crippen LogP contribution in [0.4, 0.5) is 0 Å². The molecule has 1 aliphatic heterocycles. The number of hydrogen-bond donors (Lipinski definition) is 1. The first-order valence-electron chi connectivity index (χ1n) is 7.75. The monoisotopic (exact) mass is 290 g/mol. The summed E-state index contributed by atoms with van der Waals surface area (Å²) in [5.74, 6) is -0.999. The predicted octanol–water partition coefficient (Wildman–Crippen LogP) is 2.30. The minimum absolute atomic E-state index is 0.294. The zero-order chi connectivity index (χ0) is 15.2. The van der Waals surface area contributed by atoms with Crippen LogP contribution < -0.4 is 0 Å². The summed E-state index contributed by atoms with van der Waals surface area (Å²) in [6.07, 6.45) is 2.24. The number of benzene rings is 1. The Labute approximate surface area is 127 Å². The fourth-order valence-electron chi connectivity index (χ4n) is 3.02. The first-order valence-corrected chi connectivity index (χ1v) is 7.75. The summed E-state index contributed by atoms with van der Waals surface area (Å²) in [5, 5.41) is 9.00. The smallest absolute Gasteiger partial charge is 0.307 e. The quantitative estimate of drug-likeness (QED) is 0.873. The topological polar surface area (TPSA) is 43.8 Å². The first-order chi connectivity index (χ1) is 10.1. The second-order valence-electron chi connectivity index (χ2n) is 6.17. The molecule has 1 N–H and O–H groups in total. The molecular formula is C17H26N2O2. The van der Waals surface area contributed by atoms with Crippen molar-refractivity contribution in [2.24, 2.45) is 5.92 Å². The maximum atomic E-state index is 10.9. The maximum absolute atomic E-state index is 10.9. The largest absolute Gasteiger partial charge is 0.481 e. The van der Waals surface area contributed by atoms with Crippen molar-refractivity contribution in [2.45, 2.75) is 32.4 Å². The normalized spacial score (nSPS) is 18.8. The molecule has 0 amide bonds. The summed E-state index contributed by atoms with van der Waals surface area (Å²) in [4.78, 5) is 15.6. The van der Waals surface area contributed by atoms with E-state index >= 15 is 0 Å². The number of carbonyl (C=O) groups is 1. The Balaban J connectivity index is 1.76. The highest BCUT2D eigenvalue weighted by Crippen LogP contribution is 2.18. The molecule has 1 unspecified atom stereocenters. The minimum Gasteiger partial charge on any atom is -0.481 e. The van der Waals surface area contributed by atoms with Crippen LogP contribution in [0.3, 0.4) is 0 Å². The second-order valence-corrected chi connectivity index (χ2v) is 6.17. The number of likely N-dealkylation sites (tertiary alicyclic amines) is 1. The minimum atomic E-state index is -0.705. The van der Waals surface area contributed by atoms with Crippen LogP contribution in [0, 0.1) is 5.92 Å². The van der Waals surface area contributed by atoms with Crippen LogP contribution in [0.25, 0.3) is 0 Å². The van der Waals surface area contributed by atoms with Crippen molar-refractivity contribution in [2.75, 3.05) is 26.7 Å². The maximum Gasteiger partial charge on any atom is 0.307 e. The van der Waals surface area contributed by atoms with Crippen molar-refractivity contribution in [1.29, 1.82) is 0 Å². The van der Waals surface area contributed by atoms with E-state index in [0.29, 0.717) is 12.6 Å². The third-order valence-corrected chi connectivity index (χ3v) is 4.41. The molecule has 0 bridgehead atoms. The third-order valence-electron chi connectivity index (χ3n) is 4.41. The predicted molar refractivity (Wildman–Crippen MR) is 84.2 cm³/mol. The molecule has 0 radical (unpaired) electrons. The summed E-state index contributed by atoms with van der Waals surface area (Å²) >= 11 is 0. The summed E-state index contributed by atoms with van der Waals surface area (Å²) in [7, 11) is 2.05. The number of nitrogens with zero attached hydrogens (tertiary/aromatic N) is 2. The lowest BCUT2D eigenvalue weighted by atomic mass is 10.0. The van der Waals surface area contributed by atoms with Gasteiger partial charge in [-0.25, -0.2) is 0 Å². The molecule has 0 aromatic heterocycles. The molecule has 1 heterocycles. The number of hydrogen-bond acceptors (Lipinski definition) is 3. The molecule has 0 aliphatic carbocycles. The zero-order valence-corrected chi connectivity index (χ0v) is 13.0. The Morgan fingerprint density at radius 3 is 2.52 bits per heavy atom. The van der Waals surface area contributed by atoms with Gasteiger partial charge in [-0.3, -0.25) is 9.69 Å². The van der Waals surface area contributed by atoms with E-state index < -0.39 is 5.97 Å². The van der Waals surface area contributed by atoms with Gasteiger partial charge in [0.25, 0.3) is 0 Å². The second kappa shape index (κ2) is 7.57. The number of carboxylic acid groups (broad SMARTS) is 1. The van der Waals surface area contributed by atoms with Crippen LogP contribution in [0.15, 0.2) is 30.3 Å². The van der Waals surface area contributed by atoms with Gasteiger partial charge in [-0.2, -0.15) is 0 Å². The number of aliphatic carboxylic acids is 1. The average molecular weight is 290 g/mol. The van der Waals surface area contributed by atoms with Crippen molar-refractivity contribution in [3.63, 3.8) is 0 Å². The molecule has 0 saturated carbocycles. The van der Waals surface area contributed by atoms with Gasteiger partial charge in [0.15, 0.2) is 0 Å². The van der Waals surface area contributed by atoms with Gasteiger partial charge in [-0.05, 0) is 38.5 Å². The van der Waals surface area contributed by atoms with Gasteiger partial charge in [0.1, 0.15) is 0 Å². The lowest BCUT2D eigenvalue weighted by molar-refractivity contribution is -0.141. The summed E-state index contributed by atoms with van der Waals surface area (Å²) in [6, 6.07) is 11.1. The van der Waals surface area contributed by atoms with Crippen LogP contribution in [-0.2, 0) is 11.3 Å². The molecule has 116 valence electrons. The van der Waals surface area contributed by atoms with Crippen LogP contribution >= 0.6 is 0 Å². The van der Waals surface area contributed by atoms with Gasteiger partial charge in [-0.1, -0.05) is 37.3 Å². The molecule has 2 rings (SSSR count). The lowest BCUT2D eigenvalue weighted by Gasteiger charge is -2.37. The number of carboxylic acids is 1. The van der Waals surface area contributed by atoms with Gasteiger partial charge in [0.2, 0.25) is 0 Å². The Bertz CT molecular complexity index is 441. The highest BCUT2D eigenvalue weighted by atomic mass is 16.4. The molecule has 1 atom stereocenters. The van der Waals surface area contributed by atoms with Gasteiger partial charge in [0, 0.05) is 19.1 Å². The van der Waals surface area contributed by atoms with E-state index in [2.05, 4.69) is 41.1 Å². The highest BCUT2D eigenvalue weighted by Gasteiger charge is 2.24. The average Bonchev–Trinajstić information content (AvgIpc) is 2.48. The standard InChI is InChI=1S/C17H26N2O2/c1-14(17(20)21)12-18(2)16-8-10-19(11-9-16)13-15-6-4-3-5-7-15/h3-7,14,16H,8-13H2,1-2H3,(H,20,21). The van der Waals surface area contributed by atoms with E-state index in [-0.39, 0.29) is 5.92 Å². The fraction of sp³-hybridized carbons (Fsp3) is 0.588. The van der Waals surface area contributed by atoms with Gasteiger partial charge in [-0.15, -0.1) is 0 Å². The molecule has 1 aromatic carbocycles. The summed E-state index contributed by atoms with van der Waals surface area (Å²) < 4.78 is 0. The molecule has 4 nitrogen and oxygen atoms in total. The Morgan fingerprint density at radius 1 is 1.33 bits per heavy atom. The highest BCUT2D eigenvalue weighted by molar-refractivity contribution is 5.69. The number of rotatable bonds is 6. The molecule has 1 aliphatic rings. The molecule has 1 saturated heterocycles. The van der Waals surface area contributed by atoms with Crippen LogP contribution in [-0.4, -0.2) is 53.6 Å². The lowest BCUT2D eigenvalue weighted by Crippen LogP contribution is -2.44.